The van der Waals surface area contributed by atoms with Crippen molar-refractivity contribution in [2.75, 3.05) is 16.9 Å². The van der Waals surface area contributed by atoms with Crippen LogP contribution >= 0.6 is 0 Å². The van der Waals surface area contributed by atoms with Crippen LogP contribution in [0.4, 0.5) is 11.6 Å². The van der Waals surface area contributed by atoms with Crippen molar-refractivity contribution in [2.45, 2.75) is 45.1 Å². The van der Waals surface area contributed by atoms with Crippen molar-refractivity contribution >= 4 is 11.6 Å². The van der Waals surface area contributed by atoms with E-state index in [0.29, 0.717) is 11.9 Å². The molecule has 0 aromatic carbocycles. The third kappa shape index (κ3) is 2.85. The lowest BCUT2D eigenvalue weighted by atomic mass is 9.98. The fourth-order valence-electron chi connectivity index (χ4n) is 2.50. The molecule has 1 atom stereocenters. The highest BCUT2D eigenvalue weighted by molar-refractivity contribution is 5.44. The van der Waals surface area contributed by atoms with E-state index in [9.17, 15) is 0 Å². The summed E-state index contributed by atoms with van der Waals surface area (Å²) in [6.07, 6.45) is 9.73. The fourth-order valence-corrected chi connectivity index (χ4v) is 2.50. The van der Waals surface area contributed by atoms with E-state index in [1.807, 2.05) is 6.20 Å². The van der Waals surface area contributed by atoms with E-state index in [0.717, 1.165) is 12.4 Å². The van der Waals surface area contributed by atoms with Crippen LogP contribution < -0.4 is 16.2 Å². The summed E-state index contributed by atoms with van der Waals surface area (Å²) >= 11 is 0. The Morgan fingerprint density at radius 2 is 2.35 bits per heavy atom. The minimum Gasteiger partial charge on any atom is -0.352 e. The topological polar surface area (TPSA) is 67.1 Å². The molecule has 5 nitrogen and oxygen atoms in total. The molecule has 1 unspecified atom stereocenters. The van der Waals surface area contributed by atoms with Crippen LogP contribution in [0, 0.1) is 0 Å². The van der Waals surface area contributed by atoms with Gasteiger partial charge in [-0.15, -0.1) is 0 Å². The number of piperidine rings is 1. The van der Waals surface area contributed by atoms with E-state index < -0.39 is 0 Å². The van der Waals surface area contributed by atoms with Gasteiger partial charge in [0, 0.05) is 12.6 Å². The third-order valence-electron chi connectivity index (χ3n) is 3.31. The molecule has 1 aromatic heterocycles. The second kappa shape index (κ2) is 5.82. The van der Waals surface area contributed by atoms with E-state index in [-0.39, 0.29) is 0 Å². The molecule has 0 aliphatic carbocycles. The lowest BCUT2D eigenvalue weighted by molar-refractivity contribution is 0.431. The molecule has 1 fully saturated rings. The number of hydrazine groups is 1. The Hall–Kier alpha value is -1.36. The number of hydrogen-bond donors (Lipinski definition) is 2. The van der Waals surface area contributed by atoms with Crippen molar-refractivity contribution in [1.82, 2.24) is 9.97 Å². The quantitative estimate of drug-likeness (QED) is 0.616. The van der Waals surface area contributed by atoms with Gasteiger partial charge in [-0.3, -0.25) is 4.98 Å². The van der Waals surface area contributed by atoms with Crippen LogP contribution in [-0.4, -0.2) is 22.6 Å². The summed E-state index contributed by atoms with van der Waals surface area (Å²) in [5.74, 6) is 6.94. The lowest BCUT2D eigenvalue weighted by Crippen LogP contribution is -2.40. The first-order valence-corrected chi connectivity index (χ1v) is 6.40. The molecule has 0 spiro atoms. The van der Waals surface area contributed by atoms with Crippen molar-refractivity contribution in [3.63, 3.8) is 0 Å². The van der Waals surface area contributed by atoms with E-state index >= 15 is 0 Å². The Bertz CT molecular complexity index is 353. The van der Waals surface area contributed by atoms with Crippen molar-refractivity contribution in [1.29, 1.82) is 0 Å². The van der Waals surface area contributed by atoms with Crippen LogP contribution in [0.15, 0.2) is 12.4 Å². The second-order valence-corrected chi connectivity index (χ2v) is 4.54. The predicted octanol–water partition coefficient (Wildman–Crippen LogP) is 1.92. The second-order valence-electron chi connectivity index (χ2n) is 4.54. The minimum absolute atomic E-state index is 0.607. The van der Waals surface area contributed by atoms with Gasteiger partial charge < -0.3 is 10.3 Å². The number of nitrogen functional groups attached to an aromatic ring is 1. The first-order chi connectivity index (χ1) is 8.35. The molecule has 0 amide bonds. The molecule has 17 heavy (non-hydrogen) atoms. The van der Waals surface area contributed by atoms with Crippen LogP contribution in [0.2, 0.25) is 0 Å². The number of hydrogen-bond acceptors (Lipinski definition) is 5. The van der Waals surface area contributed by atoms with E-state index in [1.54, 1.807) is 6.20 Å². The van der Waals surface area contributed by atoms with E-state index in [4.69, 9.17) is 5.84 Å². The SMILES string of the molecule is CCCC1CCCCN1c1cncc(NN)n1. The smallest absolute Gasteiger partial charge is 0.160 e. The normalized spacial score (nSPS) is 20.4. The third-order valence-corrected chi connectivity index (χ3v) is 3.31. The predicted molar refractivity (Wildman–Crippen MR) is 69.7 cm³/mol. The number of nitrogens with zero attached hydrogens (tertiary/aromatic N) is 3. The molecule has 0 saturated carbocycles. The van der Waals surface area contributed by atoms with E-state index in [2.05, 4.69) is 27.2 Å². The van der Waals surface area contributed by atoms with Gasteiger partial charge in [-0.05, 0) is 25.7 Å². The van der Waals surface area contributed by atoms with Crippen molar-refractivity contribution in [2.24, 2.45) is 5.84 Å². The molecule has 1 saturated heterocycles. The van der Waals surface area contributed by atoms with Gasteiger partial charge in [0.2, 0.25) is 0 Å². The van der Waals surface area contributed by atoms with E-state index in [1.165, 1.54) is 32.1 Å². The van der Waals surface area contributed by atoms with Gasteiger partial charge in [-0.1, -0.05) is 13.3 Å². The van der Waals surface area contributed by atoms with Crippen LogP contribution in [0.25, 0.3) is 0 Å². The Morgan fingerprint density at radius 3 is 3.12 bits per heavy atom. The average molecular weight is 235 g/mol. The summed E-state index contributed by atoms with van der Waals surface area (Å²) in [5.41, 5.74) is 2.55. The maximum Gasteiger partial charge on any atom is 0.160 e. The maximum atomic E-state index is 5.37. The zero-order chi connectivity index (χ0) is 12.1. The highest BCUT2D eigenvalue weighted by atomic mass is 15.3. The molecule has 1 aliphatic heterocycles. The molecule has 2 heterocycles. The zero-order valence-corrected chi connectivity index (χ0v) is 10.4. The molecular formula is C12H21N5. The summed E-state index contributed by atoms with van der Waals surface area (Å²) < 4.78 is 0. The summed E-state index contributed by atoms with van der Waals surface area (Å²) in [5, 5.41) is 0. The van der Waals surface area contributed by atoms with Crippen molar-refractivity contribution in [3.8, 4) is 0 Å². The summed E-state index contributed by atoms with van der Waals surface area (Å²) in [4.78, 5) is 11.0. The van der Waals surface area contributed by atoms with Gasteiger partial charge in [0.1, 0.15) is 5.82 Å². The molecule has 0 bridgehead atoms. The summed E-state index contributed by atoms with van der Waals surface area (Å²) in [7, 11) is 0. The minimum atomic E-state index is 0.607. The number of aromatic nitrogens is 2. The summed E-state index contributed by atoms with van der Waals surface area (Å²) in [6, 6.07) is 0.607. The van der Waals surface area contributed by atoms with Crippen LogP contribution in [0.5, 0.6) is 0 Å². The van der Waals surface area contributed by atoms with Crippen LogP contribution in [0.3, 0.4) is 0 Å². The van der Waals surface area contributed by atoms with Gasteiger partial charge >= 0.3 is 0 Å². The molecular weight excluding hydrogens is 214 g/mol. The van der Waals surface area contributed by atoms with Gasteiger partial charge in [0.05, 0.1) is 12.4 Å². The molecule has 94 valence electrons. The zero-order valence-electron chi connectivity index (χ0n) is 10.4. The largest absolute Gasteiger partial charge is 0.352 e. The first kappa shape index (κ1) is 12.1. The monoisotopic (exact) mass is 235 g/mol. The number of anilines is 2. The Balaban J connectivity index is 2.16. The lowest BCUT2D eigenvalue weighted by Gasteiger charge is -2.36. The fraction of sp³-hybridized carbons (Fsp3) is 0.667. The maximum absolute atomic E-state index is 5.37. The molecule has 0 radical (unpaired) electrons. The highest BCUT2D eigenvalue weighted by Crippen LogP contribution is 2.25. The van der Waals surface area contributed by atoms with Crippen molar-refractivity contribution < 1.29 is 0 Å². The molecule has 1 aliphatic rings. The van der Waals surface area contributed by atoms with Gasteiger partial charge in [-0.25, -0.2) is 10.8 Å². The standard InChI is InChI=1S/C12H21N5/c1-2-5-10-6-3-4-7-17(10)12-9-14-8-11(15-12)16-13/h8-10H,2-7,13H2,1H3,(H,15,16). The van der Waals surface area contributed by atoms with Crippen LogP contribution in [0.1, 0.15) is 39.0 Å². The molecule has 2 rings (SSSR count). The molecule has 3 N–H and O–H groups in total. The highest BCUT2D eigenvalue weighted by Gasteiger charge is 2.23. The number of nitrogens with two attached hydrogens (primary N) is 1. The van der Waals surface area contributed by atoms with Gasteiger partial charge in [-0.2, -0.15) is 0 Å². The Morgan fingerprint density at radius 1 is 1.47 bits per heavy atom. The van der Waals surface area contributed by atoms with Crippen molar-refractivity contribution in [3.05, 3.63) is 12.4 Å². The Labute approximate surface area is 102 Å². The van der Waals surface area contributed by atoms with Crippen LogP contribution in [-0.2, 0) is 0 Å². The Kier molecular flexibility index (Phi) is 4.14. The molecule has 5 heteroatoms. The van der Waals surface area contributed by atoms with Gasteiger partial charge in [0.25, 0.3) is 0 Å². The van der Waals surface area contributed by atoms with Gasteiger partial charge in [0.15, 0.2) is 5.82 Å². The average Bonchev–Trinajstić information content (AvgIpc) is 2.40. The number of rotatable bonds is 4. The molecule has 1 aromatic rings. The number of nitrogens with one attached hydrogen (secondary N) is 1. The summed E-state index contributed by atoms with van der Waals surface area (Å²) in [6.45, 7) is 3.31. The first-order valence-electron chi connectivity index (χ1n) is 6.40.